The molecule has 10 rings (SSSR count). The van der Waals surface area contributed by atoms with Crippen molar-refractivity contribution in [1.29, 1.82) is 0 Å². The molecule has 4 saturated heterocycles. The monoisotopic (exact) mass is 828 g/mol. The van der Waals surface area contributed by atoms with Gasteiger partial charge in [-0.15, -0.1) is 0 Å². The van der Waals surface area contributed by atoms with E-state index in [0.29, 0.717) is 32.5 Å². The number of nitrogens with one attached hydrogen (secondary N) is 2. The highest BCUT2D eigenvalue weighted by Crippen LogP contribution is 2.39. The molecule has 6 aromatic rings. The molecule has 2 aromatic heterocycles. The number of aliphatic hydroxyl groups excluding tert-OH is 1. The first kappa shape index (κ1) is 40.2. The maximum atomic E-state index is 14.4. The molecule has 11 nitrogen and oxygen atoms in total. The summed E-state index contributed by atoms with van der Waals surface area (Å²) < 4.78 is 0. The summed E-state index contributed by atoms with van der Waals surface area (Å²) >= 11 is 0. The minimum atomic E-state index is -0.379. The molecule has 2 amide bonds. The highest BCUT2D eigenvalue weighted by molar-refractivity contribution is 5.85. The van der Waals surface area contributed by atoms with E-state index in [-0.39, 0.29) is 42.1 Å². The maximum Gasteiger partial charge on any atom is 0.245 e. The topological polar surface area (TPSA) is 125 Å². The van der Waals surface area contributed by atoms with E-state index in [2.05, 4.69) is 85.3 Å². The van der Waals surface area contributed by atoms with Crippen LogP contribution in [0.15, 0.2) is 122 Å². The summed E-state index contributed by atoms with van der Waals surface area (Å²) in [7, 11) is 0. The van der Waals surface area contributed by atoms with Gasteiger partial charge in [0.2, 0.25) is 11.8 Å². The molecule has 0 bridgehead atoms. The lowest BCUT2D eigenvalue weighted by Crippen LogP contribution is -2.46. The number of hydrogen-bond donors (Lipinski definition) is 3. The molecule has 318 valence electrons. The van der Waals surface area contributed by atoms with Crippen molar-refractivity contribution in [2.45, 2.75) is 81.6 Å². The Morgan fingerprint density at radius 2 is 0.903 bits per heavy atom. The van der Waals surface area contributed by atoms with Crippen LogP contribution < -0.4 is 0 Å². The average Bonchev–Trinajstić information content (AvgIpc) is 4.18. The molecule has 4 aliphatic heterocycles. The summed E-state index contributed by atoms with van der Waals surface area (Å²) in [6.45, 7) is 4.74. The third-order valence-corrected chi connectivity index (χ3v) is 13.7. The lowest BCUT2D eigenvalue weighted by Gasteiger charge is -2.38. The zero-order chi connectivity index (χ0) is 42.0. The number of imidazole rings is 2. The van der Waals surface area contributed by atoms with E-state index in [1.54, 1.807) is 0 Å². The van der Waals surface area contributed by atoms with E-state index in [1.807, 2.05) is 65.8 Å². The lowest BCUT2D eigenvalue weighted by atomic mass is 9.99. The number of amides is 2. The van der Waals surface area contributed by atoms with Gasteiger partial charge in [0.05, 0.1) is 42.0 Å². The quantitative estimate of drug-likeness (QED) is 0.120. The third-order valence-electron chi connectivity index (χ3n) is 13.7. The van der Waals surface area contributed by atoms with Gasteiger partial charge in [0.15, 0.2) is 0 Å². The van der Waals surface area contributed by atoms with Gasteiger partial charge in [-0.3, -0.25) is 19.4 Å². The minimum Gasteiger partial charge on any atom is -0.393 e. The Kier molecular flexibility index (Phi) is 11.6. The van der Waals surface area contributed by atoms with Crippen molar-refractivity contribution in [1.82, 2.24) is 39.5 Å². The largest absolute Gasteiger partial charge is 0.393 e. The van der Waals surface area contributed by atoms with Gasteiger partial charge >= 0.3 is 0 Å². The zero-order valence-electron chi connectivity index (χ0n) is 35.3. The fourth-order valence-electron chi connectivity index (χ4n) is 10.4. The number of hydrogen-bond acceptors (Lipinski definition) is 7. The molecule has 3 N–H and O–H groups in total. The van der Waals surface area contributed by atoms with Gasteiger partial charge in [-0.1, -0.05) is 109 Å². The van der Waals surface area contributed by atoms with E-state index in [4.69, 9.17) is 9.97 Å². The number of rotatable bonds is 11. The van der Waals surface area contributed by atoms with Gasteiger partial charge in [0.25, 0.3) is 0 Å². The van der Waals surface area contributed by atoms with Crippen LogP contribution in [0.2, 0.25) is 0 Å². The van der Waals surface area contributed by atoms with E-state index in [1.165, 1.54) is 0 Å². The van der Waals surface area contributed by atoms with Crippen LogP contribution in [0, 0.1) is 0 Å². The maximum absolute atomic E-state index is 14.4. The Morgan fingerprint density at radius 1 is 0.500 bits per heavy atom. The Morgan fingerprint density at radius 3 is 1.34 bits per heavy atom. The second-order valence-electron chi connectivity index (χ2n) is 17.5. The van der Waals surface area contributed by atoms with Crippen LogP contribution in [0.4, 0.5) is 0 Å². The van der Waals surface area contributed by atoms with Gasteiger partial charge in [-0.25, -0.2) is 9.97 Å². The van der Waals surface area contributed by atoms with Crippen molar-refractivity contribution in [2.24, 2.45) is 0 Å². The normalized spacial score (nSPS) is 21.1. The van der Waals surface area contributed by atoms with Gasteiger partial charge in [0, 0.05) is 26.2 Å². The van der Waals surface area contributed by atoms with Crippen LogP contribution in [-0.4, -0.2) is 102 Å². The highest BCUT2D eigenvalue weighted by atomic mass is 16.3. The predicted octanol–water partition coefficient (Wildman–Crippen LogP) is 8.50. The number of piperidine rings is 1. The number of aromatic amines is 2. The smallest absolute Gasteiger partial charge is 0.245 e. The van der Waals surface area contributed by atoms with Crippen LogP contribution in [0.25, 0.3) is 33.6 Å². The number of benzene rings is 4. The Balaban J connectivity index is 0.803. The predicted molar refractivity (Wildman–Crippen MR) is 240 cm³/mol. The SMILES string of the molecule is O=C(C(c1ccccc1)N1CCC(O)CC1)N1CCC[C@H]1c1ncc(-c2ccc(-c3ccc(-c4cnc([C@@H]5CCCN5C(=O)[C@@H](c5ccccc5)N5CCCC5)[nH]4)cc3)cc2)[nH]1. The van der Waals surface area contributed by atoms with Crippen molar-refractivity contribution in [2.75, 3.05) is 39.3 Å². The summed E-state index contributed by atoms with van der Waals surface area (Å²) in [6.07, 6.45) is 10.8. The number of nitrogens with zero attached hydrogens (tertiary/aromatic N) is 6. The van der Waals surface area contributed by atoms with Crippen LogP contribution in [0.3, 0.4) is 0 Å². The van der Waals surface area contributed by atoms with E-state index in [9.17, 15) is 14.7 Å². The summed E-state index contributed by atoms with van der Waals surface area (Å²) in [6, 6.07) is 36.6. The number of aromatic nitrogens is 4. The second-order valence-corrected chi connectivity index (χ2v) is 17.5. The second kappa shape index (κ2) is 17.8. The Labute approximate surface area is 363 Å². The fraction of sp³-hybridized carbons (Fsp3) is 0.373. The number of carbonyl (C=O) groups is 2. The standard InChI is InChI=1S/C51H56N8O3/c60-41-25-31-57(32-26-41)47(40-13-5-2-6-14-40)51(62)59-30-10-16-45(59)49-53-34-43(55-49)38-23-19-36(20-24-38)35-17-21-37(22-18-35)42-33-52-48(54-42)44-15-9-29-58(44)50(61)46(56-27-7-8-28-56)39-11-3-1-4-12-39/h1-6,11-14,17-24,33-34,41,44-47,60H,7-10,15-16,25-32H2,(H,52,54)(H,53,55)/t44-,45-,46+,47?/m0/s1. The molecule has 11 heteroatoms. The first-order valence-electron chi connectivity index (χ1n) is 22.7. The van der Waals surface area contributed by atoms with Crippen molar-refractivity contribution in [3.05, 3.63) is 144 Å². The van der Waals surface area contributed by atoms with Gasteiger partial charge in [-0.05, 0) is 97.8 Å². The summed E-state index contributed by atoms with van der Waals surface area (Å²) in [5.74, 6) is 1.95. The first-order chi connectivity index (χ1) is 30.5. The van der Waals surface area contributed by atoms with E-state index < -0.39 is 0 Å². The van der Waals surface area contributed by atoms with Gasteiger partial charge < -0.3 is 24.9 Å². The molecular weight excluding hydrogens is 773 g/mol. The number of aliphatic hydroxyl groups is 1. The van der Waals surface area contributed by atoms with Crippen molar-refractivity contribution in [3.63, 3.8) is 0 Å². The van der Waals surface area contributed by atoms with Crippen LogP contribution in [-0.2, 0) is 9.59 Å². The van der Waals surface area contributed by atoms with Crippen molar-refractivity contribution < 1.29 is 14.7 Å². The highest BCUT2D eigenvalue weighted by Gasteiger charge is 2.41. The molecule has 4 atom stereocenters. The molecule has 6 heterocycles. The number of likely N-dealkylation sites (tertiary alicyclic amines) is 4. The molecule has 1 unspecified atom stereocenters. The third kappa shape index (κ3) is 8.12. The molecular formula is C51H56N8O3. The molecule has 0 spiro atoms. The Bertz CT molecular complexity index is 2440. The molecule has 0 saturated carbocycles. The van der Waals surface area contributed by atoms with E-state index in [0.717, 1.165) is 115 Å². The van der Waals surface area contributed by atoms with Crippen molar-refractivity contribution in [3.8, 4) is 33.6 Å². The average molecular weight is 829 g/mol. The molecule has 4 fully saturated rings. The van der Waals surface area contributed by atoms with Gasteiger partial charge in [0.1, 0.15) is 23.7 Å². The summed E-state index contributed by atoms with van der Waals surface area (Å²) in [4.78, 5) is 54.2. The molecule has 0 aliphatic carbocycles. The molecule has 62 heavy (non-hydrogen) atoms. The minimum absolute atomic E-state index is 0.0681. The van der Waals surface area contributed by atoms with Crippen LogP contribution >= 0.6 is 0 Å². The zero-order valence-corrected chi connectivity index (χ0v) is 35.3. The lowest BCUT2D eigenvalue weighted by molar-refractivity contribution is -0.139. The van der Waals surface area contributed by atoms with Crippen LogP contribution in [0.5, 0.6) is 0 Å². The van der Waals surface area contributed by atoms with Crippen molar-refractivity contribution >= 4 is 11.8 Å². The summed E-state index contributed by atoms with van der Waals surface area (Å²) in [5, 5.41) is 10.2. The molecule has 4 aromatic carbocycles. The van der Waals surface area contributed by atoms with E-state index >= 15 is 0 Å². The van der Waals surface area contributed by atoms with Crippen LogP contribution in [0.1, 0.15) is 98.3 Å². The summed E-state index contributed by atoms with van der Waals surface area (Å²) in [5.41, 5.74) is 8.25. The molecule has 4 aliphatic rings. The molecule has 0 radical (unpaired) electrons. The first-order valence-corrected chi connectivity index (χ1v) is 22.7. The number of H-pyrrole nitrogens is 2. The van der Waals surface area contributed by atoms with Gasteiger partial charge in [-0.2, -0.15) is 0 Å². The number of carbonyl (C=O) groups excluding carboxylic acids is 2. The fourth-order valence-corrected chi connectivity index (χ4v) is 10.4. The Hall–Kier alpha value is -5.88.